The molecule has 60 heavy (non-hydrogen) atoms. The highest BCUT2D eigenvalue weighted by Crippen LogP contribution is 2.69. The summed E-state index contributed by atoms with van der Waals surface area (Å²) >= 11 is 0. The zero-order chi connectivity index (χ0) is 43.6. The fraction of sp³-hybridized carbons (Fsp3) is 0.930. The molecular weight excluding hydrogens is 788 g/mol. The quantitative estimate of drug-likeness (QED) is 0.110. The zero-order valence-electron chi connectivity index (χ0n) is 35.4. The van der Waals surface area contributed by atoms with Crippen LogP contribution in [0.2, 0.25) is 0 Å². The van der Waals surface area contributed by atoms with E-state index in [1.54, 1.807) is 6.92 Å². The van der Waals surface area contributed by atoms with Gasteiger partial charge in [-0.05, 0) is 80.5 Å². The lowest BCUT2D eigenvalue weighted by Crippen LogP contribution is -2.63. The molecule has 0 aromatic carbocycles. The Bertz CT molecular complexity index is 1530. The van der Waals surface area contributed by atoms with Crippen LogP contribution in [0.3, 0.4) is 0 Å². The predicted octanol–water partition coefficient (Wildman–Crippen LogP) is -0.596. The van der Waals surface area contributed by atoms with Crippen LogP contribution >= 0.6 is 0 Å². The summed E-state index contributed by atoms with van der Waals surface area (Å²) < 4.78 is 35.6. The summed E-state index contributed by atoms with van der Waals surface area (Å²) in [6.07, 6.45) is -12.3. The van der Waals surface area contributed by atoms with Gasteiger partial charge >= 0.3 is 0 Å². The number of aliphatic hydroxyl groups is 10. The van der Waals surface area contributed by atoms with Gasteiger partial charge in [0.05, 0.1) is 32.0 Å². The summed E-state index contributed by atoms with van der Waals surface area (Å²) in [6.45, 7) is 8.98. The van der Waals surface area contributed by atoms with Crippen LogP contribution in [0.1, 0.15) is 92.4 Å². The minimum Gasteiger partial charge on any atom is -0.394 e. The van der Waals surface area contributed by atoms with Crippen molar-refractivity contribution in [3.63, 3.8) is 0 Å². The highest BCUT2D eigenvalue weighted by molar-refractivity contribution is 5.82. The average molecular weight is 859 g/mol. The number of Topliss-reactive ketones (excluding diaryl/α,β-unsaturated/α-hetero) is 1. The summed E-state index contributed by atoms with van der Waals surface area (Å²) in [5.74, 6) is -0.395. The van der Waals surface area contributed by atoms with Crippen molar-refractivity contribution < 1.29 is 84.3 Å². The molecule has 17 heteroatoms. The number of carbonyl (C=O) groups excluding carboxylic acids is 1. The predicted molar refractivity (Wildman–Crippen MR) is 208 cm³/mol. The van der Waals surface area contributed by atoms with E-state index in [2.05, 4.69) is 19.9 Å². The Labute approximate surface area is 351 Å². The molecule has 0 aromatic heterocycles. The van der Waals surface area contributed by atoms with Crippen LogP contribution in [-0.4, -0.2) is 174 Å². The SMILES string of the molecule is CC(C)CCC(=O)[C@@H](C)[C@@]1(O)[C@@H](O[C@@H]2OC[C@H](O)[C@H](O[C@@H]3OC[C@@H](O)[C@H](O)[C@H]3O)[C@H]2O)C[C@H]2[C@@H]3CC=C4C[C@@H](O[C@@H]5O[C@H](CO)[C@@H](O)[C@H](O)[C@H]5O)CC[C@]4(C)[C@H]3CC[C@@]21C. The number of allylic oxidation sites excluding steroid dienone is 1. The monoisotopic (exact) mass is 858 g/mol. The molecule has 7 aliphatic rings. The number of ketones is 1. The molecule has 3 heterocycles. The molecule has 4 aliphatic carbocycles. The second kappa shape index (κ2) is 18.0. The van der Waals surface area contributed by atoms with Gasteiger partial charge in [-0.1, -0.05) is 46.3 Å². The first kappa shape index (κ1) is 46.8. The summed E-state index contributed by atoms with van der Waals surface area (Å²) in [5.41, 5.74) is -1.43. The fourth-order valence-corrected chi connectivity index (χ4v) is 12.2. The second-order valence-electron chi connectivity index (χ2n) is 19.8. The molecule has 0 bridgehead atoms. The van der Waals surface area contributed by atoms with Crippen LogP contribution in [0.4, 0.5) is 0 Å². The zero-order valence-corrected chi connectivity index (χ0v) is 35.4. The Hall–Kier alpha value is -1.23. The minimum absolute atomic E-state index is 0.0785. The van der Waals surface area contributed by atoms with E-state index < -0.39 is 110 Å². The van der Waals surface area contributed by atoms with Gasteiger partial charge in [0.1, 0.15) is 72.4 Å². The average Bonchev–Trinajstić information content (AvgIpc) is 3.45. The Morgan fingerprint density at radius 2 is 1.47 bits per heavy atom. The smallest absolute Gasteiger partial charge is 0.186 e. The number of fused-ring (bicyclic) bond motifs is 5. The Kier molecular flexibility index (Phi) is 14.0. The van der Waals surface area contributed by atoms with Crippen molar-refractivity contribution in [3.05, 3.63) is 11.6 Å². The van der Waals surface area contributed by atoms with E-state index in [9.17, 15) is 55.9 Å². The molecule has 3 saturated heterocycles. The molecule has 0 spiro atoms. The van der Waals surface area contributed by atoms with E-state index in [0.717, 1.165) is 12.8 Å². The Morgan fingerprint density at radius 3 is 2.15 bits per heavy atom. The van der Waals surface area contributed by atoms with Crippen LogP contribution in [0, 0.1) is 40.4 Å². The number of carbonyl (C=O) groups is 1. The van der Waals surface area contributed by atoms with E-state index >= 15 is 0 Å². The molecule has 0 aromatic rings. The molecule has 344 valence electrons. The highest BCUT2D eigenvalue weighted by atomic mass is 16.7. The fourth-order valence-electron chi connectivity index (χ4n) is 12.2. The lowest BCUT2D eigenvalue weighted by molar-refractivity contribution is -0.344. The third-order valence-electron chi connectivity index (χ3n) is 16.1. The topological polar surface area (TPSA) is 275 Å². The van der Waals surface area contributed by atoms with Gasteiger partial charge in [0, 0.05) is 17.8 Å². The molecule has 17 nitrogen and oxygen atoms in total. The molecule has 3 saturated carbocycles. The van der Waals surface area contributed by atoms with Gasteiger partial charge in [0.15, 0.2) is 18.9 Å². The Morgan fingerprint density at radius 1 is 0.800 bits per heavy atom. The van der Waals surface area contributed by atoms with Crippen LogP contribution in [0.15, 0.2) is 11.6 Å². The number of aliphatic hydroxyl groups excluding tert-OH is 9. The lowest BCUT2D eigenvalue weighted by atomic mass is 9.46. The first-order chi connectivity index (χ1) is 28.3. The van der Waals surface area contributed by atoms with Gasteiger partial charge in [-0.2, -0.15) is 0 Å². The van der Waals surface area contributed by atoms with Gasteiger partial charge in [0.2, 0.25) is 0 Å². The van der Waals surface area contributed by atoms with Crippen molar-refractivity contribution in [2.75, 3.05) is 19.8 Å². The maximum Gasteiger partial charge on any atom is 0.186 e. The van der Waals surface area contributed by atoms with Crippen LogP contribution in [-0.2, 0) is 33.2 Å². The molecule has 0 amide bonds. The van der Waals surface area contributed by atoms with Crippen molar-refractivity contribution in [2.45, 2.75) is 190 Å². The maximum atomic E-state index is 14.0. The third-order valence-corrected chi connectivity index (χ3v) is 16.1. The second-order valence-corrected chi connectivity index (χ2v) is 19.8. The summed E-state index contributed by atoms with van der Waals surface area (Å²) in [7, 11) is 0. The molecule has 7 rings (SSSR count). The van der Waals surface area contributed by atoms with Gasteiger partial charge in [0.25, 0.3) is 0 Å². The molecule has 6 fully saturated rings. The van der Waals surface area contributed by atoms with E-state index in [1.807, 2.05) is 13.8 Å². The van der Waals surface area contributed by atoms with E-state index in [1.165, 1.54) is 5.57 Å². The van der Waals surface area contributed by atoms with E-state index in [4.69, 9.17) is 28.4 Å². The summed E-state index contributed by atoms with van der Waals surface area (Å²) in [4.78, 5) is 14.0. The third kappa shape index (κ3) is 8.09. The molecule has 10 N–H and O–H groups in total. The van der Waals surface area contributed by atoms with Crippen molar-refractivity contribution in [1.82, 2.24) is 0 Å². The van der Waals surface area contributed by atoms with Crippen molar-refractivity contribution in [1.29, 1.82) is 0 Å². The van der Waals surface area contributed by atoms with Crippen molar-refractivity contribution in [2.24, 2.45) is 40.4 Å². The van der Waals surface area contributed by atoms with Gasteiger partial charge in [-0.25, -0.2) is 0 Å². The van der Waals surface area contributed by atoms with Crippen LogP contribution in [0.25, 0.3) is 0 Å². The number of rotatable bonds is 12. The van der Waals surface area contributed by atoms with Gasteiger partial charge in [-0.15, -0.1) is 0 Å². The van der Waals surface area contributed by atoms with Crippen LogP contribution in [0.5, 0.6) is 0 Å². The van der Waals surface area contributed by atoms with Crippen molar-refractivity contribution >= 4 is 5.78 Å². The van der Waals surface area contributed by atoms with Gasteiger partial charge in [-0.3, -0.25) is 4.79 Å². The largest absolute Gasteiger partial charge is 0.394 e. The first-order valence-corrected chi connectivity index (χ1v) is 22.1. The van der Waals surface area contributed by atoms with Crippen molar-refractivity contribution in [3.8, 4) is 0 Å². The minimum atomic E-state index is -1.67. The standard InChI is InChI=1S/C43H70O17/c1-19(2)6-9-26(45)20(3)43(54)30(59-39-36(53)37(28(47)18-56-39)60-38-34(51)31(48)27(46)17-55-38)15-25-23-8-7-21-14-22(10-12-41(21,4)24(23)11-13-42(25,43)5)57-40-35(52)33(50)32(49)29(16-44)58-40/h7,19-20,22-25,27-40,44,46-54H,6,8-18H2,1-5H3/t20-,22+,23-,24+,25+,27-,28+,29-,30+,31+,32-,33+,34-,35-,36-,37+,38+,39+,40-,41+,42+,43-/m1/s1. The lowest BCUT2D eigenvalue weighted by Gasteiger charge is -2.59. The summed E-state index contributed by atoms with van der Waals surface area (Å²) in [5, 5.41) is 107. The normalized spacial score (nSPS) is 51.3. The number of hydrogen-bond donors (Lipinski definition) is 10. The molecule has 0 unspecified atom stereocenters. The molecular formula is C43H70O17. The number of ether oxygens (including phenoxy) is 6. The van der Waals surface area contributed by atoms with E-state index in [-0.39, 0.29) is 60.6 Å². The Balaban J connectivity index is 1.12. The maximum absolute atomic E-state index is 14.0. The highest BCUT2D eigenvalue weighted by Gasteiger charge is 2.70. The van der Waals surface area contributed by atoms with Crippen LogP contribution < -0.4 is 0 Å². The first-order valence-electron chi connectivity index (χ1n) is 22.1. The summed E-state index contributed by atoms with van der Waals surface area (Å²) in [6, 6.07) is 0. The molecule has 3 aliphatic heterocycles. The molecule has 22 atom stereocenters. The van der Waals surface area contributed by atoms with Gasteiger partial charge < -0.3 is 79.5 Å². The van der Waals surface area contributed by atoms with E-state index in [0.29, 0.717) is 38.5 Å². The molecule has 0 radical (unpaired) electrons. The number of hydrogen-bond acceptors (Lipinski definition) is 17.